The van der Waals surface area contributed by atoms with Crippen molar-refractivity contribution in [1.29, 1.82) is 0 Å². The van der Waals surface area contributed by atoms with E-state index in [1.165, 1.54) is 0 Å². The van der Waals surface area contributed by atoms with Gasteiger partial charge in [-0.1, -0.05) is 6.07 Å². The number of anilines is 1. The molecule has 5 nitrogen and oxygen atoms in total. The third-order valence-electron chi connectivity index (χ3n) is 2.80. The van der Waals surface area contributed by atoms with E-state index in [1.54, 1.807) is 36.2 Å². The molecule has 0 spiro atoms. The van der Waals surface area contributed by atoms with Gasteiger partial charge in [-0.25, -0.2) is 4.98 Å². The lowest BCUT2D eigenvalue weighted by molar-refractivity contribution is 0.102. The van der Waals surface area contributed by atoms with E-state index in [1.807, 2.05) is 20.0 Å². The van der Waals surface area contributed by atoms with Gasteiger partial charge >= 0.3 is 0 Å². The number of imidazole rings is 1. The van der Waals surface area contributed by atoms with E-state index in [4.69, 9.17) is 4.74 Å². The van der Waals surface area contributed by atoms with Crippen molar-refractivity contribution in [3.63, 3.8) is 0 Å². The second-order valence-corrected chi connectivity index (χ2v) is 3.95. The molecule has 0 saturated carbocycles. The van der Waals surface area contributed by atoms with Crippen molar-refractivity contribution in [3.05, 3.63) is 41.7 Å². The second-order valence-electron chi connectivity index (χ2n) is 3.95. The van der Waals surface area contributed by atoms with Crippen LogP contribution in [0.25, 0.3) is 0 Å². The quantitative estimate of drug-likeness (QED) is 0.899. The summed E-state index contributed by atoms with van der Waals surface area (Å²) in [5, 5.41) is 2.76. The molecule has 18 heavy (non-hydrogen) atoms. The molecule has 0 aliphatic heterocycles. The van der Waals surface area contributed by atoms with Crippen LogP contribution in [0.5, 0.6) is 5.75 Å². The van der Waals surface area contributed by atoms with Crippen LogP contribution in [0.3, 0.4) is 0 Å². The molecule has 0 fully saturated rings. The highest BCUT2D eigenvalue weighted by atomic mass is 16.5. The van der Waals surface area contributed by atoms with Crippen LogP contribution < -0.4 is 10.1 Å². The Morgan fingerprint density at radius 1 is 1.44 bits per heavy atom. The fourth-order valence-corrected chi connectivity index (χ4v) is 1.74. The fraction of sp³-hybridized carbons (Fsp3) is 0.231. The minimum absolute atomic E-state index is 0.194. The second kappa shape index (κ2) is 4.91. The lowest BCUT2D eigenvalue weighted by atomic mass is 10.1. The number of amides is 1. The van der Waals surface area contributed by atoms with Gasteiger partial charge in [0.15, 0.2) is 0 Å². The lowest BCUT2D eigenvalue weighted by Crippen LogP contribution is -2.16. The Morgan fingerprint density at radius 2 is 2.22 bits per heavy atom. The van der Waals surface area contributed by atoms with Crippen LogP contribution in [0, 0.1) is 6.92 Å². The number of aromatic nitrogens is 2. The fourth-order valence-electron chi connectivity index (χ4n) is 1.74. The Labute approximate surface area is 105 Å². The maximum atomic E-state index is 12.1. The molecule has 1 N–H and O–H groups in total. The molecule has 1 aromatic carbocycles. The third-order valence-corrected chi connectivity index (χ3v) is 2.80. The van der Waals surface area contributed by atoms with Crippen LogP contribution in [0.2, 0.25) is 0 Å². The van der Waals surface area contributed by atoms with E-state index in [0.29, 0.717) is 17.3 Å². The van der Waals surface area contributed by atoms with E-state index in [2.05, 4.69) is 10.3 Å². The summed E-state index contributed by atoms with van der Waals surface area (Å²) in [6, 6.07) is 5.38. The van der Waals surface area contributed by atoms with Gasteiger partial charge in [0.25, 0.3) is 5.91 Å². The average molecular weight is 245 g/mol. The highest BCUT2D eigenvalue weighted by Crippen LogP contribution is 2.21. The Kier molecular flexibility index (Phi) is 3.32. The number of aryl methyl sites for hydroxylation is 1. The van der Waals surface area contributed by atoms with E-state index in [0.717, 1.165) is 5.56 Å². The van der Waals surface area contributed by atoms with Crippen LogP contribution in [0.15, 0.2) is 30.6 Å². The number of nitrogens with one attached hydrogen (secondary N) is 1. The first-order valence-electron chi connectivity index (χ1n) is 5.55. The molecule has 0 bridgehead atoms. The summed E-state index contributed by atoms with van der Waals surface area (Å²) in [5.41, 5.74) is 1.39. The van der Waals surface area contributed by atoms with Gasteiger partial charge in [-0.2, -0.15) is 0 Å². The van der Waals surface area contributed by atoms with Gasteiger partial charge in [0.1, 0.15) is 5.75 Å². The number of carbonyl (C=O) groups excluding carboxylic acids is 1. The van der Waals surface area contributed by atoms with Gasteiger partial charge in [-0.3, -0.25) is 10.1 Å². The normalized spacial score (nSPS) is 10.2. The first kappa shape index (κ1) is 12.2. The number of ether oxygens (including phenoxy) is 1. The number of rotatable bonds is 3. The summed E-state index contributed by atoms with van der Waals surface area (Å²) in [6.45, 7) is 1.85. The van der Waals surface area contributed by atoms with Crippen molar-refractivity contribution < 1.29 is 9.53 Å². The highest BCUT2D eigenvalue weighted by molar-refractivity contribution is 6.04. The molecular weight excluding hydrogens is 230 g/mol. The Hall–Kier alpha value is -2.30. The van der Waals surface area contributed by atoms with Gasteiger partial charge < -0.3 is 9.30 Å². The molecule has 0 saturated heterocycles. The molecular formula is C13H15N3O2. The molecule has 1 heterocycles. The van der Waals surface area contributed by atoms with Crippen LogP contribution in [0.4, 0.5) is 5.95 Å². The molecule has 0 aliphatic rings. The Bertz CT molecular complexity index is 575. The number of carbonyl (C=O) groups is 1. The van der Waals surface area contributed by atoms with E-state index in [-0.39, 0.29) is 5.91 Å². The smallest absolute Gasteiger partial charge is 0.258 e. The summed E-state index contributed by atoms with van der Waals surface area (Å²) in [6.07, 6.45) is 3.40. The monoisotopic (exact) mass is 245 g/mol. The van der Waals surface area contributed by atoms with E-state index >= 15 is 0 Å². The summed E-state index contributed by atoms with van der Waals surface area (Å²) in [4.78, 5) is 16.2. The summed E-state index contributed by atoms with van der Waals surface area (Å²) >= 11 is 0. The van der Waals surface area contributed by atoms with Gasteiger partial charge in [0, 0.05) is 30.6 Å². The predicted octanol–water partition coefficient (Wildman–Crippen LogP) is 1.99. The van der Waals surface area contributed by atoms with Gasteiger partial charge in [0.2, 0.25) is 5.95 Å². The lowest BCUT2D eigenvalue weighted by Gasteiger charge is -2.10. The van der Waals surface area contributed by atoms with Crippen LogP contribution in [0.1, 0.15) is 15.9 Å². The van der Waals surface area contributed by atoms with E-state index < -0.39 is 0 Å². The maximum absolute atomic E-state index is 12.1. The minimum atomic E-state index is -0.194. The van der Waals surface area contributed by atoms with Crippen molar-refractivity contribution in [3.8, 4) is 5.75 Å². The Morgan fingerprint density at radius 3 is 2.83 bits per heavy atom. The standard InChI is InChI=1S/C13H15N3O2/c1-9-10(5-4-6-11(9)18-3)12(17)15-13-14-7-8-16(13)2/h4-8H,1-3H3,(H,14,15,17). The largest absolute Gasteiger partial charge is 0.496 e. The molecule has 0 unspecified atom stereocenters. The number of nitrogens with zero attached hydrogens (tertiary/aromatic N) is 2. The first-order valence-corrected chi connectivity index (χ1v) is 5.55. The first-order chi connectivity index (χ1) is 8.63. The van der Waals surface area contributed by atoms with Gasteiger partial charge in [0.05, 0.1) is 7.11 Å². The van der Waals surface area contributed by atoms with Crippen molar-refractivity contribution >= 4 is 11.9 Å². The molecule has 1 amide bonds. The molecule has 0 atom stereocenters. The molecule has 0 aliphatic carbocycles. The zero-order valence-electron chi connectivity index (χ0n) is 10.6. The summed E-state index contributed by atoms with van der Waals surface area (Å²) in [7, 11) is 3.41. The zero-order chi connectivity index (χ0) is 13.1. The maximum Gasteiger partial charge on any atom is 0.258 e. The van der Waals surface area contributed by atoms with Gasteiger partial charge in [-0.15, -0.1) is 0 Å². The van der Waals surface area contributed by atoms with E-state index in [9.17, 15) is 4.79 Å². The SMILES string of the molecule is COc1cccc(C(=O)Nc2nccn2C)c1C. The van der Waals surface area contributed by atoms with Crippen molar-refractivity contribution in [2.45, 2.75) is 6.92 Å². The predicted molar refractivity (Wildman–Crippen MR) is 68.9 cm³/mol. The molecule has 2 rings (SSSR count). The van der Waals surface area contributed by atoms with Crippen LogP contribution in [-0.4, -0.2) is 22.6 Å². The number of hydrogen-bond donors (Lipinski definition) is 1. The van der Waals surface area contributed by atoms with Crippen molar-refractivity contribution in [2.24, 2.45) is 7.05 Å². The van der Waals surface area contributed by atoms with Crippen LogP contribution in [-0.2, 0) is 7.05 Å². The summed E-state index contributed by atoms with van der Waals surface area (Å²) < 4.78 is 6.94. The summed E-state index contributed by atoms with van der Waals surface area (Å²) in [5.74, 6) is 1.02. The molecule has 0 radical (unpaired) electrons. The molecule has 1 aromatic heterocycles. The number of benzene rings is 1. The zero-order valence-corrected chi connectivity index (χ0v) is 10.6. The molecule has 5 heteroatoms. The van der Waals surface area contributed by atoms with Crippen molar-refractivity contribution in [2.75, 3.05) is 12.4 Å². The highest BCUT2D eigenvalue weighted by Gasteiger charge is 2.13. The molecule has 94 valence electrons. The topological polar surface area (TPSA) is 56.1 Å². The number of methoxy groups -OCH3 is 1. The third kappa shape index (κ3) is 2.20. The van der Waals surface area contributed by atoms with Crippen LogP contribution >= 0.6 is 0 Å². The van der Waals surface area contributed by atoms with Crippen molar-refractivity contribution in [1.82, 2.24) is 9.55 Å². The Balaban J connectivity index is 2.27. The average Bonchev–Trinajstić information content (AvgIpc) is 2.75. The minimum Gasteiger partial charge on any atom is -0.496 e. The van der Waals surface area contributed by atoms with Gasteiger partial charge in [-0.05, 0) is 19.1 Å². The molecule has 2 aromatic rings. The number of hydrogen-bond acceptors (Lipinski definition) is 3.